The second-order valence-electron chi connectivity index (χ2n) is 5.31. The number of hydrogen-bond acceptors (Lipinski definition) is 6. The first-order valence-electron chi connectivity index (χ1n) is 7.70. The highest BCUT2D eigenvalue weighted by molar-refractivity contribution is 6.34. The number of ether oxygens (including phenoxy) is 1. The Kier molecular flexibility index (Phi) is 5.63. The molecular formula is C18H14Cl2N4O3. The molecule has 0 aliphatic rings. The highest BCUT2D eigenvalue weighted by Gasteiger charge is 2.11. The van der Waals surface area contributed by atoms with E-state index in [0.717, 1.165) is 0 Å². The Morgan fingerprint density at radius 3 is 2.63 bits per heavy atom. The van der Waals surface area contributed by atoms with E-state index in [1.807, 2.05) is 6.07 Å². The van der Waals surface area contributed by atoms with E-state index in [1.54, 1.807) is 36.4 Å². The lowest BCUT2D eigenvalue weighted by Crippen LogP contribution is -2.22. The molecule has 0 spiro atoms. The van der Waals surface area contributed by atoms with Gasteiger partial charge in [0.25, 0.3) is 5.56 Å². The average molecular weight is 405 g/mol. The van der Waals surface area contributed by atoms with E-state index in [0.29, 0.717) is 11.3 Å². The summed E-state index contributed by atoms with van der Waals surface area (Å²) in [6.07, 6.45) is 2.77. The van der Waals surface area contributed by atoms with Crippen molar-refractivity contribution in [2.45, 2.75) is 0 Å². The molecule has 0 fully saturated rings. The fourth-order valence-electron chi connectivity index (χ4n) is 2.26. The Balaban J connectivity index is 1.83. The molecule has 0 saturated carbocycles. The first kappa shape index (κ1) is 18.8. The predicted octanol–water partition coefficient (Wildman–Crippen LogP) is 3.70. The number of aromatic hydroxyl groups is 1. The van der Waals surface area contributed by atoms with Gasteiger partial charge < -0.3 is 9.84 Å². The van der Waals surface area contributed by atoms with Crippen LogP contribution >= 0.6 is 23.2 Å². The lowest BCUT2D eigenvalue weighted by Gasteiger charge is -2.08. The van der Waals surface area contributed by atoms with Crippen LogP contribution in [0, 0.1) is 0 Å². The maximum Gasteiger partial charge on any atom is 0.292 e. The van der Waals surface area contributed by atoms with Crippen LogP contribution in [0.2, 0.25) is 10.0 Å². The van der Waals surface area contributed by atoms with E-state index >= 15 is 0 Å². The molecule has 3 rings (SSSR count). The number of anilines is 1. The SMILES string of the molecule is COc1ccc(/C=N\Nc2cnn(-c3ccccc3)c(=O)c2Cl)c(Cl)c1O. The summed E-state index contributed by atoms with van der Waals surface area (Å²) in [7, 11) is 1.42. The third-order valence-corrected chi connectivity index (χ3v) is 4.40. The van der Waals surface area contributed by atoms with Gasteiger partial charge in [-0.1, -0.05) is 41.4 Å². The minimum Gasteiger partial charge on any atom is -0.503 e. The van der Waals surface area contributed by atoms with E-state index in [-0.39, 0.29) is 27.2 Å². The average Bonchev–Trinajstić information content (AvgIpc) is 2.69. The van der Waals surface area contributed by atoms with Crippen molar-refractivity contribution < 1.29 is 9.84 Å². The van der Waals surface area contributed by atoms with Crippen molar-refractivity contribution in [1.82, 2.24) is 9.78 Å². The minimum absolute atomic E-state index is 0.0605. The Bertz CT molecular complexity index is 1050. The Labute approximate surface area is 164 Å². The molecule has 0 amide bonds. The lowest BCUT2D eigenvalue weighted by molar-refractivity contribution is 0.373. The van der Waals surface area contributed by atoms with Crippen LogP contribution in [-0.2, 0) is 0 Å². The standard InChI is InChI=1S/C18H14Cl2N4O3/c1-27-14-8-7-11(15(19)17(14)25)9-21-23-13-10-22-24(18(26)16(13)20)12-5-3-2-4-6-12/h2-10,23,25H,1H3/b21-9-. The fraction of sp³-hybridized carbons (Fsp3) is 0.0556. The van der Waals surface area contributed by atoms with Crippen LogP contribution in [0.5, 0.6) is 11.5 Å². The van der Waals surface area contributed by atoms with E-state index in [4.69, 9.17) is 27.9 Å². The van der Waals surface area contributed by atoms with Gasteiger partial charge in [0.15, 0.2) is 11.5 Å². The molecule has 2 N–H and O–H groups in total. The van der Waals surface area contributed by atoms with Gasteiger partial charge in [0.05, 0.1) is 30.2 Å². The molecular weight excluding hydrogens is 391 g/mol. The number of rotatable bonds is 5. The van der Waals surface area contributed by atoms with Crippen molar-refractivity contribution in [3.63, 3.8) is 0 Å². The Morgan fingerprint density at radius 2 is 1.93 bits per heavy atom. The quantitative estimate of drug-likeness (QED) is 0.499. The normalized spacial score (nSPS) is 10.9. The van der Waals surface area contributed by atoms with Gasteiger partial charge in [-0.15, -0.1) is 0 Å². The molecule has 0 aliphatic carbocycles. The highest BCUT2D eigenvalue weighted by Crippen LogP contribution is 2.35. The van der Waals surface area contributed by atoms with Gasteiger partial charge in [-0.25, -0.2) is 0 Å². The molecule has 27 heavy (non-hydrogen) atoms. The summed E-state index contributed by atoms with van der Waals surface area (Å²) >= 11 is 12.2. The number of methoxy groups -OCH3 is 1. The van der Waals surface area contributed by atoms with E-state index in [9.17, 15) is 9.90 Å². The first-order valence-corrected chi connectivity index (χ1v) is 8.46. The summed E-state index contributed by atoms with van der Waals surface area (Å²) in [6.45, 7) is 0. The molecule has 0 unspecified atom stereocenters. The zero-order chi connectivity index (χ0) is 19.4. The molecule has 2 aromatic carbocycles. The second-order valence-corrected chi connectivity index (χ2v) is 6.07. The van der Waals surface area contributed by atoms with Crippen LogP contribution in [0.3, 0.4) is 0 Å². The van der Waals surface area contributed by atoms with Gasteiger partial charge in [-0.2, -0.15) is 14.9 Å². The molecule has 7 nitrogen and oxygen atoms in total. The third kappa shape index (κ3) is 3.89. The summed E-state index contributed by atoms with van der Waals surface area (Å²) in [5.74, 6) is 0.0650. The van der Waals surface area contributed by atoms with Crippen LogP contribution in [0.15, 0.2) is 58.6 Å². The number of hydrogen-bond donors (Lipinski definition) is 2. The van der Waals surface area contributed by atoms with E-state index in [1.165, 1.54) is 24.2 Å². The second kappa shape index (κ2) is 8.11. The smallest absolute Gasteiger partial charge is 0.292 e. The summed E-state index contributed by atoms with van der Waals surface area (Å²) in [6, 6.07) is 12.1. The summed E-state index contributed by atoms with van der Waals surface area (Å²) in [5, 5.41) is 18.0. The molecule has 3 aromatic rings. The molecule has 0 bridgehead atoms. The first-order chi connectivity index (χ1) is 13.0. The molecule has 1 aromatic heterocycles. The molecule has 138 valence electrons. The van der Waals surface area contributed by atoms with Crippen molar-refractivity contribution in [2.75, 3.05) is 12.5 Å². The number of para-hydroxylation sites is 1. The maximum absolute atomic E-state index is 12.4. The fourth-order valence-corrected chi connectivity index (χ4v) is 2.64. The van der Waals surface area contributed by atoms with Gasteiger partial charge in [-0.05, 0) is 24.3 Å². The van der Waals surface area contributed by atoms with Crippen molar-refractivity contribution in [1.29, 1.82) is 0 Å². The topological polar surface area (TPSA) is 88.7 Å². The van der Waals surface area contributed by atoms with Crippen LogP contribution in [-0.4, -0.2) is 28.2 Å². The molecule has 0 atom stereocenters. The van der Waals surface area contributed by atoms with Crippen LogP contribution < -0.4 is 15.7 Å². The van der Waals surface area contributed by atoms with Crippen molar-refractivity contribution in [2.24, 2.45) is 5.10 Å². The van der Waals surface area contributed by atoms with E-state index < -0.39 is 5.56 Å². The van der Waals surface area contributed by atoms with Gasteiger partial charge in [0, 0.05) is 5.56 Å². The number of benzene rings is 2. The number of hydrazone groups is 1. The van der Waals surface area contributed by atoms with Crippen LogP contribution in [0.25, 0.3) is 5.69 Å². The van der Waals surface area contributed by atoms with Crippen LogP contribution in [0.4, 0.5) is 5.69 Å². The summed E-state index contributed by atoms with van der Waals surface area (Å²) < 4.78 is 6.16. The number of phenols is 1. The predicted molar refractivity (Wildman–Crippen MR) is 106 cm³/mol. The molecule has 9 heteroatoms. The lowest BCUT2D eigenvalue weighted by atomic mass is 10.2. The Hall–Kier alpha value is -3.03. The summed E-state index contributed by atoms with van der Waals surface area (Å²) in [5.41, 5.74) is 3.44. The van der Waals surface area contributed by atoms with Crippen molar-refractivity contribution in [3.05, 3.63) is 74.6 Å². The number of phenolic OH excluding ortho intramolecular Hbond substituents is 1. The van der Waals surface area contributed by atoms with Crippen molar-refractivity contribution >= 4 is 35.1 Å². The van der Waals surface area contributed by atoms with Gasteiger partial charge in [0.1, 0.15) is 10.7 Å². The van der Waals surface area contributed by atoms with Gasteiger partial charge in [-0.3, -0.25) is 10.2 Å². The van der Waals surface area contributed by atoms with Gasteiger partial charge in [0.2, 0.25) is 0 Å². The molecule has 0 radical (unpaired) electrons. The molecule has 1 heterocycles. The molecule has 0 aliphatic heterocycles. The zero-order valence-electron chi connectivity index (χ0n) is 14.1. The third-order valence-electron chi connectivity index (χ3n) is 3.64. The highest BCUT2D eigenvalue weighted by atomic mass is 35.5. The van der Waals surface area contributed by atoms with Gasteiger partial charge >= 0.3 is 0 Å². The number of aromatic nitrogens is 2. The summed E-state index contributed by atoms with van der Waals surface area (Å²) in [4.78, 5) is 12.4. The minimum atomic E-state index is -0.483. The maximum atomic E-state index is 12.4. The number of nitrogens with zero attached hydrogens (tertiary/aromatic N) is 3. The van der Waals surface area contributed by atoms with Crippen molar-refractivity contribution in [3.8, 4) is 17.2 Å². The number of halogens is 2. The van der Waals surface area contributed by atoms with E-state index in [2.05, 4.69) is 15.6 Å². The Morgan fingerprint density at radius 1 is 1.19 bits per heavy atom. The monoisotopic (exact) mass is 404 g/mol. The number of nitrogens with one attached hydrogen (secondary N) is 1. The molecule has 0 saturated heterocycles. The zero-order valence-corrected chi connectivity index (χ0v) is 15.6. The largest absolute Gasteiger partial charge is 0.503 e. The van der Waals surface area contributed by atoms with Crippen LogP contribution in [0.1, 0.15) is 5.56 Å².